The molecule has 0 saturated carbocycles. The monoisotopic (exact) mass is 247 g/mol. The largest absolute Gasteiger partial charge is 0.497 e. The van der Waals surface area contributed by atoms with Crippen LogP contribution in [0.25, 0.3) is 11.6 Å². The number of rotatable bonds is 6. The first-order valence-electron chi connectivity index (χ1n) is 5.91. The van der Waals surface area contributed by atoms with Gasteiger partial charge in [0.2, 0.25) is 0 Å². The van der Waals surface area contributed by atoms with Crippen LogP contribution < -0.4 is 10.1 Å². The fourth-order valence-corrected chi connectivity index (χ4v) is 1.92. The van der Waals surface area contributed by atoms with Gasteiger partial charge in [-0.1, -0.05) is 6.07 Å². The lowest BCUT2D eigenvalue weighted by atomic mass is 9.88. The molecule has 1 aromatic carbocycles. The molecule has 1 aliphatic rings. The molecule has 1 aliphatic carbocycles. The van der Waals surface area contributed by atoms with E-state index in [-0.39, 0.29) is 5.97 Å². The van der Waals surface area contributed by atoms with Crippen molar-refractivity contribution in [3.05, 3.63) is 29.3 Å². The molecule has 4 heteroatoms. The Labute approximate surface area is 107 Å². The Bertz CT molecular complexity index is 480. The smallest absolute Gasteiger partial charge is 0.306 e. The van der Waals surface area contributed by atoms with E-state index in [1.54, 1.807) is 7.11 Å². The third-order valence-electron chi connectivity index (χ3n) is 2.99. The van der Waals surface area contributed by atoms with Gasteiger partial charge >= 0.3 is 5.97 Å². The van der Waals surface area contributed by atoms with E-state index in [2.05, 4.69) is 16.1 Å². The molecule has 0 amide bonds. The normalized spacial score (nSPS) is 12.2. The second-order valence-electron chi connectivity index (χ2n) is 4.13. The quantitative estimate of drug-likeness (QED) is 0.614. The molecule has 0 radical (unpaired) electrons. The zero-order valence-corrected chi connectivity index (χ0v) is 10.7. The highest BCUT2D eigenvalue weighted by Gasteiger charge is 2.16. The van der Waals surface area contributed by atoms with Gasteiger partial charge < -0.3 is 14.8 Å². The molecule has 4 nitrogen and oxygen atoms in total. The van der Waals surface area contributed by atoms with Crippen LogP contribution in [-0.4, -0.2) is 33.3 Å². The number of carbonyl (C=O) groups is 1. The van der Waals surface area contributed by atoms with Crippen LogP contribution in [0.15, 0.2) is 18.2 Å². The van der Waals surface area contributed by atoms with E-state index < -0.39 is 0 Å². The van der Waals surface area contributed by atoms with Crippen LogP contribution in [-0.2, 0) is 9.53 Å². The van der Waals surface area contributed by atoms with Crippen LogP contribution in [0.5, 0.6) is 5.75 Å². The van der Waals surface area contributed by atoms with Gasteiger partial charge in [0.1, 0.15) is 5.75 Å². The van der Waals surface area contributed by atoms with E-state index in [0.29, 0.717) is 13.0 Å². The first-order valence-corrected chi connectivity index (χ1v) is 5.91. The highest BCUT2D eigenvalue weighted by molar-refractivity contribution is 5.96. The molecule has 0 atom stereocenters. The van der Waals surface area contributed by atoms with E-state index in [9.17, 15) is 4.79 Å². The Morgan fingerprint density at radius 1 is 1.33 bits per heavy atom. The lowest BCUT2D eigenvalue weighted by Gasteiger charge is -2.21. The molecule has 2 rings (SSSR count). The van der Waals surface area contributed by atoms with Crippen molar-refractivity contribution in [1.82, 2.24) is 5.32 Å². The van der Waals surface area contributed by atoms with Gasteiger partial charge in [0.05, 0.1) is 20.6 Å². The minimum absolute atomic E-state index is 0.188. The summed E-state index contributed by atoms with van der Waals surface area (Å²) in [5.41, 5.74) is 3.70. The highest BCUT2D eigenvalue weighted by Crippen LogP contribution is 2.34. The Kier molecular flexibility index (Phi) is 3.99. The topological polar surface area (TPSA) is 47.6 Å². The predicted octanol–water partition coefficient (Wildman–Crippen LogP) is 1.70. The summed E-state index contributed by atoms with van der Waals surface area (Å²) in [7, 11) is 3.07. The molecule has 1 aromatic rings. The number of esters is 1. The van der Waals surface area contributed by atoms with E-state index >= 15 is 0 Å². The van der Waals surface area contributed by atoms with E-state index in [4.69, 9.17) is 4.74 Å². The molecule has 18 heavy (non-hydrogen) atoms. The van der Waals surface area contributed by atoms with Crippen molar-refractivity contribution in [3.8, 4) is 5.75 Å². The minimum Gasteiger partial charge on any atom is -0.497 e. The number of benzene rings is 1. The number of fused-ring (bicyclic) bond motifs is 1. The number of methoxy groups -OCH3 is 2. The van der Waals surface area contributed by atoms with Gasteiger partial charge in [-0.25, -0.2) is 0 Å². The molecule has 0 unspecified atom stereocenters. The number of hydrogen-bond donors (Lipinski definition) is 1. The van der Waals surface area contributed by atoms with Gasteiger partial charge in [-0.3, -0.25) is 4.79 Å². The summed E-state index contributed by atoms with van der Waals surface area (Å²) in [4.78, 5) is 10.9. The van der Waals surface area contributed by atoms with Crippen molar-refractivity contribution in [3.63, 3.8) is 0 Å². The van der Waals surface area contributed by atoms with Crippen molar-refractivity contribution >= 4 is 17.6 Å². The molecule has 0 heterocycles. The zero-order chi connectivity index (χ0) is 13.0. The molecule has 0 spiro atoms. The standard InChI is InChI=1S/C14H17NO3/c1-17-12-4-3-10-7-11(13(10)8-12)9-15-6-5-14(16)18-2/h3-4,7-8,15H,5-6,9H2,1-2H3. The Hall–Kier alpha value is -1.81. The summed E-state index contributed by atoms with van der Waals surface area (Å²) in [6.45, 7) is 1.39. The highest BCUT2D eigenvalue weighted by atomic mass is 16.5. The van der Waals surface area contributed by atoms with E-state index in [1.807, 2.05) is 18.2 Å². The van der Waals surface area contributed by atoms with Crippen LogP contribution in [0.4, 0.5) is 0 Å². The van der Waals surface area contributed by atoms with Crippen LogP contribution in [0.1, 0.15) is 17.5 Å². The Morgan fingerprint density at radius 2 is 2.17 bits per heavy atom. The van der Waals surface area contributed by atoms with Crippen LogP contribution in [0, 0.1) is 0 Å². The van der Waals surface area contributed by atoms with Gasteiger partial charge in [-0.05, 0) is 34.9 Å². The SMILES string of the molecule is COC(=O)CCNCC1=Cc2ccc(OC)cc21. The lowest BCUT2D eigenvalue weighted by molar-refractivity contribution is -0.140. The summed E-state index contributed by atoms with van der Waals surface area (Å²) in [5, 5.41) is 3.22. The van der Waals surface area contributed by atoms with E-state index in [0.717, 1.165) is 12.3 Å². The summed E-state index contributed by atoms with van der Waals surface area (Å²) in [5.74, 6) is 0.682. The third-order valence-corrected chi connectivity index (χ3v) is 2.99. The van der Waals surface area contributed by atoms with Crippen LogP contribution in [0.3, 0.4) is 0 Å². The predicted molar refractivity (Wildman–Crippen MR) is 70.4 cm³/mol. The van der Waals surface area contributed by atoms with Gasteiger partial charge in [0.25, 0.3) is 0 Å². The first-order chi connectivity index (χ1) is 8.74. The Morgan fingerprint density at radius 3 is 2.89 bits per heavy atom. The molecule has 0 aliphatic heterocycles. The summed E-state index contributed by atoms with van der Waals surface area (Å²) in [6, 6.07) is 6.04. The lowest BCUT2D eigenvalue weighted by Crippen LogP contribution is -2.22. The van der Waals surface area contributed by atoms with Crippen molar-refractivity contribution in [2.24, 2.45) is 0 Å². The molecule has 0 fully saturated rings. The second-order valence-corrected chi connectivity index (χ2v) is 4.13. The molecule has 0 saturated heterocycles. The van der Waals surface area contributed by atoms with Crippen molar-refractivity contribution in [2.45, 2.75) is 6.42 Å². The van der Waals surface area contributed by atoms with Crippen molar-refractivity contribution in [2.75, 3.05) is 27.3 Å². The minimum atomic E-state index is -0.188. The number of hydrogen-bond acceptors (Lipinski definition) is 4. The molecular weight excluding hydrogens is 230 g/mol. The fourth-order valence-electron chi connectivity index (χ4n) is 1.92. The average Bonchev–Trinajstić information content (AvgIpc) is 2.38. The number of ether oxygens (including phenoxy) is 2. The maximum atomic E-state index is 10.9. The average molecular weight is 247 g/mol. The van der Waals surface area contributed by atoms with Crippen molar-refractivity contribution < 1.29 is 14.3 Å². The fraction of sp³-hybridized carbons (Fsp3) is 0.357. The number of nitrogens with one attached hydrogen (secondary N) is 1. The maximum absolute atomic E-state index is 10.9. The van der Waals surface area contributed by atoms with E-state index in [1.165, 1.54) is 23.8 Å². The molecule has 0 bridgehead atoms. The molecule has 96 valence electrons. The zero-order valence-electron chi connectivity index (χ0n) is 10.7. The summed E-state index contributed by atoms with van der Waals surface area (Å²) >= 11 is 0. The van der Waals surface area contributed by atoms with Crippen molar-refractivity contribution in [1.29, 1.82) is 0 Å². The Balaban J connectivity index is 1.80. The molecule has 1 N–H and O–H groups in total. The third kappa shape index (κ3) is 2.71. The maximum Gasteiger partial charge on any atom is 0.306 e. The van der Waals surface area contributed by atoms with Crippen LogP contribution >= 0.6 is 0 Å². The number of carbonyl (C=O) groups excluding carboxylic acids is 1. The molecule has 0 aromatic heterocycles. The van der Waals surface area contributed by atoms with Gasteiger partial charge in [-0.2, -0.15) is 0 Å². The van der Waals surface area contributed by atoms with Gasteiger partial charge in [-0.15, -0.1) is 0 Å². The summed E-state index contributed by atoms with van der Waals surface area (Å²) < 4.78 is 9.77. The molecular formula is C14H17NO3. The summed E-state index contributed by atoms with van der Waals surface area (Å²) in [6.07, 6.45) is 2.54. The van der Waals surface area contributed by atoms with Gasteiger partial charge in [0, 0.05) is 13.1 Å². The van der Waals surface area contributed by atoms with Gasteiger partial charge in [0.15, 0.2) is 0 Å². The first kappa shape index (κ1) is 12.6. The second kappa shape index (κ2) is 5.69. The van der Waals surface area contributed by atoms with Crippen LogP contribution in [0.2, 0.25) is 0 Å².